The highest BCUT2D eigenvalue weighted by Gasteiger charge is 2.02. The molecule has 3 rings (SSSR count). The molecule has 0 amide bonds. The topological polar surface area (TPSA) is 42.9 Å². The zero-order valence-electron chi connectivity index (χ0n) is 16.7. The second kappa shape index (κ2) is 18.1. The molecule has 0 saturated heterocycles. The van der Waals surface area contributed by atoms with Gasteiger partial charge in [0.25, 0.3) is 0 Å². The summed E-state index contributed by atoms with van der Waals surface area (Å²) in [6.45, 7) is 4.76. The van der Waals surface area contributed by atoms with Gasteiger partial charge in [-0.25, -0.2) is 0 Å². The van der Waals surface area contributed by atoms with Crippen LogP contribution in [0.25, 0.3) is 0 Å². The van der Waals surface area contributed by atoms with E-state index in [1.165, 1.54) is 40.2 Å². The lowest BCUT2D eigenvalue weighted by atomic mass is 10.1. The molecule has 2 bridgehead atoms. The van der Waals surface area contributed by atoms with Crippen LogP contribution in [0.5, 0.6) is 0 Å². The summed E-state index contributed by atoms with van der Waals surface area (Å²) in [5, 5.41) is 3.42. The summed E-state index contributed by atoms with van der Waals surface area (Å²) < 4.78 is 11.4. The van der Waals surface area contributed by atoms with Crippen molar-refractivity contribution in [1.29, 1.82) is 0 Å². The first-order chi connectivity index (χ1) is 13.9. The highest BCUT2D eigenvalue weighted by atomic mass is 32.2. The van der Waals surface area contributed by atoms with Crippen molar-refractivity contribution >= 4 is 52.8 Å². The number of aliphatic imine (C=N–C) groups is 1. The predicted molar refractivity (Wildman–Crippen MR) is 133 cm³/mol. The zero-order valence-corrected chi connectivity index (χ0v) is 20.0. The smallest absolute Gasteiger partial charge is 0.0662 e. The van der Waals surface area contributed by atoms with Crippen molar-refractivity contribution in [3.05, 3.63) is 23.9 Å². The van der Waals surface area contributed by atoms with Gasteiger partial charge in [0.2, 0.25) is 0 Å². The van der Waals surface area contributed by atoms with E-state index in [0.717, 1.165) is 56.5 Å². The first kappa shape index (κ1) is 24.5. The Hall–Kier alpha value is 0.270. The molecule has 1 aliphatic carbocycles. The van der Waals surface area contributed by atoms with Gasteiger partial charge in [0.05, 0.1) is 33.0 Å². The molecular weight excluding hydrogens is 429 g/mol. The Morgan fingerprint density at radius 3 is 1.93 bits per heavy atom. The van der Waals surface area contributed by atoms with Crippen molar-refractivity contribution in [3.63, 3.8) is 0 Å². The van der Waals surface area contributed by atoms with E-state index in [2.05, 4.69) is 52.1 Å². The Morgan fingerprint density at radius 1 is 0.714 bits per heavy atom. The molecule has 2 aliphatic heterocycles. The van der Waals surface area contributed by atoms with Gasteiger partial charge in [-0.1, -0.05) is 6.08 Å². The summed E-state index contributed by atoms with van der Waals surface area (Å²) >= 11 is 8.16. The molecule has 0 aromatic carbocycles. The molecule has 0 atom stereocenters. The zero-order chi connectivity index (χ0) is 19.5. The van der Waals surface area contributed by atoms with E-state index < -0.39 is 0 Å². The van der Waals surface area contributed by atoms with Crippen molar-refractivity contribution in [1.82, 2.24) is 5.32 Å². The maximum absolute atomic E-state index is 5.72. The van der Waals surface area contributed by atoms with E-state index >= 15 is 0 Å². The Morgan fingerprint density at radius 2 is 1.32 bits per heavy atom. The number of thioether (sulfide) groups is 4. The molecular formula is C20H34N2O2S4. The lowest BCUT2D eigenvalue weighted by molar-refractivity contribution is 0.154. The fraction of sp³-hybridized carbons (Fsp3) is 0.750. The van der Waals surface area contributed by atoms with Gasteiger partial charge in [-0.05, 0) is 12.2 Å². The molecule has 0 fully saturated rings. The minimum absolute atomic E-state index is 0.717. The van der Waals surface area contributed by atoms with Crippen LogP contribution in [0.1, 0.15) is 6.42 Å². The number of rotatable bonds is 0. The molecule has 28 heavy (non-hydrogen) atoms. The monoisotopic (exact) mass is 462 g/mol. The largest absolute Gasteiger partial charge is 0.383 e. The number of hydrogen-bond donors (Lipinski definition) is 1. The van der Waals surface area contributed by atoms with Crippen molar-refractivity contribution in [2.75, 3.05) is 85.5 Å². The van der Waals surface area contributed by atoms with Crippen molar-refractivity contribution < 1.29 is 9.47 Å². The second-order valence-corrected chi connectivity index (χ2v) is 11.1. The van der Waals surface area contributed by atoms with Gasteiger partial charge in [-0.2, -0.15) is 47.0 Å². The molecule has 4 nitrogen and oxygen atoms in total. The van der Waals surface area contributed by atoms with Crippen molar-refractivity contribution in [2.24, 2.45) is 4.99 Å². The minimum Gasteiger partial charge on any atom is -0.383 e. The van der Waals surface area contributed by atoms with E-state index in [9.17, 15) is 0 Å². The maximum atomic E-state index is 5.72. The van der Waals surface area contributed by atoms with Gasteiger partial charge in [-0.15, -0.1) is 0 Å². The van der Waals surface area contributed by atoms with Crippen LogP contribution in [0.3, 0.4) is 0 Å². The van der Waals surface area contributed by atoms with Crippen LogP contribution in [-0.4, -0.2) is 91.3 Å². The first-order valence-electron chi connectivity index (χ1n) is 10.1. The quantitative estimate of drug-likeness (QED) is 0.587. The Bertz CT molecular complexity index is 487. The molecule has 8 heteroatoms. The molecule has 1 N–H and O–H groups in total. The average molecular weight is 463 g/mol. The van der Waals surface area contributed by atoms with Crippen LogP contribution in [0, 0.1) is 0 Å². The van der Waals surface area contributed by atoms with Gasteiger partial charge < -0.3 is 14.8 Å². The minimum atomic E-state index is 0.717. The highest BCUT2D eigenvalue weighted by Crippen LogP contribution is 2.12. The highest BCUT2D eigenvalue weighted by molar-refractivity contribution is 8.05. The number of hydrogen-bond acceptors (Lipinski definition) is 8. The van der Waals surface area contributed by atoms with E-state index in [1.54, 1.807) is 0 Å². The number of allylic oxidation sites excluding steroid dienone is 3. The van der Waals surface area contributed by atoms with Gasteiger partial charge >= 0.3 is 0 Å². The van der Waals surface area contributed by atoms with Crippen LogP contribution < -0.4 is 5.32 Å². The number of nitrogens with zero attached hydrogens (tertiary/aromatic N) is 1. The Labute approximate surface area is 187 Å². The summed E-state index contributed by atoms with van der Waals surface area (Å²) in [6, 6.07) is 0. The van der Waals surface area contributed by atoms with Gasteiger partial charge in [0.15, 0.2) is 0 Å². The third kappa shape index (κ3) is 13.5. The summed E-state index contributed by atoms with van der Waals surface area (Å²) in [5.41, 5.74) is 2.30. The molecule has 0 saturated carbocycles. The molecule has 160 valence electrons. The molecule has 3 aliphatic rings. The van der Waals surface area contributed by atoms with E-state index in [-0.39, 0.29) is 0 Å². The molecule has 2 heterocycles. The first-order valence-corrected chi connectivity index (χ1v) is 14.7. The lowest BCUT2D eigenvalue weighted by Crippen LogP contribution is -2.20. The summed E-state index contributed by atoms with van der Waals surface area (Å²) in [7, 11) is 0. The van der Waals surface area contributed by atoms with Crippen LogP contribution in [0.2, 0.25) is 0 Å². The second-order valence-electron chi connectivity index (χ2n) is 6.17. The fourth-order valence-electron chi connectivity index (χ4n) is 2.51. The third-order valence-electron chi connectivity index (χ3n) is 3.97. The third-order valence-corrected chi connectivity index (χ3v) is 8.62. The average Bonchev–Trinajstić information content (AvgIpc) is 2.72. The van der Waals surface area contributed by atoms with Crippen LogP contribution in [-0.2, 0) is 9.47 Å². The van der Waals surface area contributed by atoms with Crippen LogP contribution >= 0.6 is 47.0 Å². The molecule has 0 aromatic rings. The van der Waals surface area contributed by atoms with E-state index in [1.807, 2.05) is 23.5 Å². The van der Waals surface area contributed by atoms with Crippen molar-refractivity contribution in [3.8, 4) is 0 Å². The summed E-state index contributed by atoms with van der Waals surface area (Å²) in [6.07, 6.45) is 7.30. The lowest BCUT2D eigenvalue weighted by Gasteiger charge is -2.12. The van der Waals surface area contributed by atoms with Gasteiger partial charge in [0.1, 0.15) is 0 Å². The van der Waals surface area contributed by atoms with Gasteiger partial charge in [0, 0.05) is 70.4 Å². The SMILES string of the molecule is C1=C/C2=N/CCOCCSCCSCCSCCSCCOCCNC1=CC2. The standard InChI is InChI=1S/C20H34N2O2S4/c1-2-20-4-3-19(1)21-5-7-23-9-11-25-13-15-27-17-18-28-16-14-26-12-10-24-8-6-22-20/h1-3,21H,4-18H2/b22-20-. The fourth-order valence-corrected chi connectivity index (χ4v) is 6.62. The van der Waals surface area contributed by atoms with Crippen LogP contribution in [0.4, 0.5) is 0 Å². The number of nitrogens with one attached hydrogen (secondary N) is 1. The van der Waals surface area contributed by atoms with E-state index in [4.69, 9.17) is 9.47 Å². The molecule has 0 unspecified atom stereocenters. The normalized spacial score (nSPS) is 25.3. The molecule has 0 aromatic heterocycles. The maximum Gasteiger partial charge on any atom is 0.0662 e. The number of fused-ring (bicyclic) bond motifs is 22. The Balaban J connectivity index is 1.63. The molecule has 0 spiro atoms. The van der Waals surface area contributed by atoms with Gasteiger partial charge in [-0.3, -0.25) is 4.99 Å². The van der Waals surface area contributed by atoms with Crippen LogP contribution in [0.15, 0.2) is 28.9 Å². The van der Waals surface area contributed by atoms with E-state index in [0.29, 0.717) is 6.61 Å². The predicted octanol–water partition coefficient (Wildman–Crippen LogP) is 3.84. The Kier molecular flexibility index (Phi) is 15.8. The van der Waals surface area contributed by atoms with Crippen molar-refractivity contribution in [2.45, 2.75) is 6.42 Å². The number of ether oxygens (including phenoxy) is 2. The summed E-state index contributed by atoms with van der Waals surface area (Å²) in [5.74, 6) is 9.69. The summed E-state index contributed by atoms with van der Waals surface area (Å²) in [4.78, 5) is 4.62. The molecule has 0 radical (unpaired) electrons.